The second-order valence-corrected chi connectivity index (χ2v) is 6.35. The molecule has 0 fully saturated rings. The Balaban J connectivity index is 2.52. The fraction of sp³-hybridized carbons (Fsp3) is 0.579. The number of anilines is 1. The van der Waals surface area contributed by atoms with Gasteiger partial charge >= 0.3 is 0 Å². The smallest absolute Gasteiger partial charge is 0.251 e. The first-order chi connectivity index (χ1) is 11.0. The molecule has 0 aliphatic rings. The largest absolute Gasteiger partial charge is 0.352 e. The molecule has 0 aromatic heterocycles. The van der Waals surface area contributed by atoms with Gasteiger partial charge in [0.1, 0.15) is 0 Å². The van der Waals surface area contributed by atoms with Crippen LogP contribution in [0.4, 0.5) is 5.69 Å². The maximum atomic E-state index is 12.2. The Hall–Kier alpha value is -1.84. The Labute approximate surface area is 140 Å². The Kier molecular flexibility index (Phi) is 8.38. The van der Waals surface area contributed by atoms with Crippen LogP contribution >= 0.6 is 0 Å². The molecule has 1 unspecified atom stereocenters. The van der Waals surface area contributed by atoms with Crippen molar-refractivity contribution in [2.45, 2.75) is 53.4 Å². The molecule has 1 aromatic rings. The van der Waals surface area contributed by atoms with Crippen LogP contribution in [0.25, 0.3) is 0 Å². The molecule has 0 saturated carbocycles. The first-order valence-electron chi connectivity index (χ1n) is 8.67. The second-order valence-electron chi connectivity index (χ2n) is 6.35. The predicted octanol–water partition coefficient (Wildman–Crippen LogP) is 4.23. The van der Waals surface area contributed by atoms with Crippen molar-refractivity contribution in [2.75, 3.05) is 11.9 Å². The van der Waals surface area contributed by atoms with Crippen LogP contribution in [0.3, 0.4) is 0 Å². The molecule has 2 amide bonds. The highest BCUT2D eigenvalue weighted by Gasteiger charge is 2.11. The molecule has 0 saturated heterocycles. The van der Waals surface area contributed by atoms with Crippen molar-refractivity contribution >= 4 is 17.5 Å². The van der Waals surface area contributed by atoms with Crippen LogP contribution in [0, 0.1) is 11.8 Å². The molecule has 0 bridgehead atoms. The fourth-order valence-electron chi connectivity index (χ4n) is 2.27. The number of amides is 2. The number of carbonyl (C=O) groups excluding carboxylic acids is 2. The van der Waals surface area contributed by atoms with Gasteiger partial charge in [0, 0.05) is 23.7 Å². The van der Waals surface area contributed by atoms with E-state index in [1.807, 2.05) is 13.8 Å². The average molecular weight is 318 g/mol. The zero-order valence-corrected chi connectivity index (χ0v) is 14.8. The van der Waals surface area contributed by atoms with E-state index in [9.17, 15) is 9.59 Å². The van der Waals surface area contributed by atoms with Gasteiger partial charge in [-0.2, -0.15) is 0 Å². The third-order valence-corrected chi connectivity index (χ3v) is 4.03. The number of hydrogen-bond acceptors (Lipinski definition) is 2. The number of nitrogens with one attached hydrogen (secondary N) is 2. The minimum absolute atomic E-state index is 0.0242. The summed E-state index contributed by atoms with van der Waals surface area (Å²) in [6, 6.07) is 7.03. The number of carbonyl (C=O) groups is 2. The van der Waals surface area contributed by atoms with Gasteiger partial charge in [-0.15, -0.1) is 0 Å². The highest BCUT2D eigenvalue weighted by atomic mass is 16.2. The van der Waals surface area contributed by atoms with Crippen molar-refractivity contribution in [3.63, 3.8) is 0 Å². The van der Waals surface area contributed by atoms with Crippen molar-refractivity contribution in [3.05, 3.63) is 29.8 Å². The first kappa shape index (κ1) is 19.2. The molecular formula is C19H30N2O2. The lowest BCUT2D eigenvalue weighted by Crippen LogP contribution is -2.29. The lowest BCUT2D eigenvalue weighted by atomic mass is 9.99. The van der Waals surface area contributed by atoms with E-state index in [1.54, 1.807) is 24.3 Å². The monoisotopic (exact) mass is 318 g/mol. The van der Waals surface area contributed by atoms with E-state index in [2.05, 4.69) is 24.5 Å². The molecule has 0 heterocycles. The number of unbranched alkanes of at least 4 members (excludes halogenated alkanes) is 1. The Morgan fingerprint density at radius 2 is 1.74 bits per heavy atom. The first-order valence-corrected chi connectivity index (χ1v) is 8.67. The molecule has 4 heteroatoms. The molecule has 0 spiro atoms. The molecule has 0 radical (unpaired) electrons. The Morgan fingerprint density at radius 1 is 1.09 bits per heavy atom. The minimum Gasteiger partial charge on any atom is -0.352 e. The van der Waals surface area contributed by atoms with Crippen LogP contribution in [-0.4, -0.2) is 18.4 Å². The molecule has 2 N–H and O–H groups in total. The van der Waals surface area contributed by atoms with E-state index in [4.69, 9.17) is 0 Å². The molecule has 128 valence electrons. The zero-order valence-electron chi connectivity index (χ0n) is 14.8. The van der Waals surface area contributed by atoms with E-state index in [0.29, 0.717) is 11.5 Å². The van der Waals surface area contributed by atoms with Crippen LogP contribution in [0.1, 0.15) is 63.7 Å². The predicted molar refractivity (Wildman–Crippen MR) is 95.5 cm³/mol. The van der Waals surface area contributed by atoms with E-state index < -0.39 is 0 Å². The van der Waals surface area contributed by atoms with Crippen molar-refractivity contribution in [1.29, 1.82) is 0 Å². The fourth-order valence-corrected chi connectivity index (χ4v) is 2.27. The van der Waals surface area contributed by atoms with Crippen molar-refractivity contribution in [1.82, 2.24) is 5.32 Å². The normalized spacial score (nSPS) is 12.0. The molecule has 1 aromatic carbocycles. The summed E-state index contributed by atoms with van der Waals surface area (Å²) < 4.78 is 0. The Bertz CT molecular complexity index is 495. The summed E-state index contributed by atoms with van der Waals surface area (Å²) in [6.07, 6.45) is 4.64. The van der Waals surface area contributed by atoms with Crippen LogP contribution in [-0.2, 0) is 4.79 Å². The van der Waals surface area contributed by atoms with Crippen LogP contribution in [0.5, 0.6) is 0 Å². The van der Waals surface area contributed by atoms with Gasteiger partial charge in [-0.05, 0) is 36.6 Å². The molecule has 1 rings (SSSR count). The molecule has 0 aliphatic carbocycles. The van der Waals surface area contributed by atoms with Crippen molar-refractivity contribution in [3.8, 4) is 0 Å². The van der Waals surface area contributed by atoms with Crippen molar-refractivity contribution < 1.29 is 9.59 Å². The third kappa shape index (κ3) is 6.85. The molecule has 1 atom stereocenters. The lowest BCUT2D eigenvalue weighted by Gasteiger charge is -2.15. The summed E-state index contributed by atoms with van der Waals surface area (Å²) in [5, 5.41) is 5.83. The van der Waals surface area contributed by atoms with Gasteiger partial charge in [0.15, 0.2) is 0 Å². The number of benzene rings is 1. The number of hydrogen-bond donors (Lipinski definition) is 2. The Morgan fingerprint density at radius 3 is 2.26 bits per heavy atom. The second kappa shape index (κ2) is 10.0. The summed E-state index contributed by atoms with van der Waals surface area (Å²) >= 11 is 0. The van der Waals surface area contributed by atoms with Gasteiger partial charge in [0.25, 0.3) is 5.91 Å². The van der Waals surface area contributed by atoms with E-state index in [1.165, 1.54) is 12.8 Å². The van der Waals surface area contributed by atoms with Gasteiger partial charge in [0.2, 0.25) is 5.91 Å². The standard InChI is InChI=1S/C19H30N2O2/c1-5-7-8-15(6-2)13-20-19(23)16-9-11-17(12-10-16)21-18(22)14(3)4/h9-12,14-15H,5-8,13H2,1-4H3,(H,20,23)(H,21,22). The van der Waals surface area contributed by atoms with Gasteiger partial charge in [-0.3, -0.25) is 9.59 Å². The van der Waals surface area contributed by atoms with Gasteiger partial charge in [0.05, 0.1) is 0 Å². The summed E-state index contributed by atoms with van der Waals surface area (Å²) in [5.41, 5.74) is 1.34. The van der Waals surface area contributed by atoms with E-state index >= 15 is 0 Å². The quantitative estimate of drug-likeness (QED) is 0.716. The summed E-state index contributed by atoms with van der Waals surface area (Å²) in [7, 11) is 0. The highest BCUT2D eigenvalue weighted by Crippen LogP contribution is 2.13. The van der Waals surface area contributed by atoms with E-state index in [0.717, 1.165) is 25.1 Å². The molecule has 4 nitrogen and oxygen atoms in total. The molecule has 0 aliphatic heterocycles. The maximum absolute atomic E-state index is 12.2. The summed E-state index contributed by atoms with van der Waals surface area (Å²) in [5.74, 6) is 0.404. The topological polar surface area (TPSA) is 58.2 Å². The van der Waals surface area contributed by atoms with Gasteiger partial charge in [-0.25, -0.2) is 0 Å². The van der Waals surface area contributed by atoms with Gasteiger partial charge in [-0.1, -0.05) is 47.0 Å². The van der Waals surface area contributed by atoms with Crippen LogP contribution in [0.2, 0.25) is 0 Å². The van der Waals surface area contributed by atoms with Crippen LogP contribution in [0.15, 0.2) is 24.3 Å². The molecular weight excluding hydrogens is 288 g/mol. The zero-order chi connectivity index (χ0) is 17.2. The maximum Gasteiger partial charge on any atom is 0.251 e. The summed E-state index contributed by atoms with van der Waals surface area (Å²) in [6.45, 7) is 8.77. The average Bonchev–Trinajstić information content (AvgIpc) is 2.55. The number of rotatable bonds is 9. The van der Waals surface area contributed by atoms with Gasteiger partial charge < -0.3 is 10.6 Å². The van der Waals surface area contributed by atoms with Crippen molar-refractivity contribution in [2.24, 2.45) is 11.8 Å². The lowest BCUT2D eigenvalue weighted by molar-refractivity contribution is -0.118. The molecule has 23 heavy (non-hydrogen) atoms. The highest BCUT2D eigenvalue weighted by molar-refractivity contribution is 5.96. The van der Waals surface area contributed by atoms with Crippen LogP contribution < -0.4 is 10.6 Å². The minimum atomic E-state index is -0.0629. The van der Waals surface area contributed by atoms with E-state index in [-0.39, 0.29) is 17.7 Å². The third-order valence-electron chi connectivity index (χ3n) is 4.03. The summed E-state index contributed by atoms with van der Waals surface area (Å²) in [4.78, 5) is 23.8. The SMILES string of the molecule is CCCCC(CC)CNC(=O)c1ccc(NC(=O)C(C)C)cc1.